The monoisotopic (exact) mass is 266 g/mol. The average Bonchev–Trinajstić information content (AvgIpc) is 2.61. The summed E-state index contributed by atoms with van der Waals surface area (Å²) in [7, 11) is 2.05. The molecule has 1 aromatic rings. The Labute approximate surface area is 118 Å². The van der Waals surface area contributed by atoms with Crippen molar-refractivity contribution in [1.29, 1.82) is 0 Å². The molecule has 0 fully saturated rings. The van der Waals surface area contributed by atoms with Crippen LogP contribution in [-0.2, 0) is 13.6 Å². The molecular weight excluding hydrogens is 236 g/mol. The fraction of sp³-hybridized carbons (Fsp3) is 0.800. The maximum Gasteiger partial charge on any atom is 0.131 e. The van der Waals surface area contributed by atoms with Gasteiger partial charge in [0, 0.05) is 32.2 Å². The van der Waals surface area contributed by atoms with Gasteiger partial charge in [0.05, 0.1) is 5.69 Å². The second kappa shape index (κ2) is 7.53. The molecule has 0 aliphatic heterocycles. The van der Waals surface area contributed by atoms with Crippen molar-refractivity contribution < 1.29 is 0 Å². The van der Waals surface area contributed by atoms with Crippen LogP contribution in [0.4, 0.5) is 5.82 Å². The zero-order valence-corrected chi connectivity index (χ0v) is 13.5. The Hall–Kier alpha value is -1.03. The van der Waals surface area contributed by atoms with Crippen molar-refractivity contribution in [3.05, 3.63) is 11.3 Å². The highest BCUT2D eigenvalue weighted by atomic mass is 15.4. The summed E-state index contributed by atoms with van der Waals surface area (Å²) in [6.07, 6.45) is 1.16. The number of nitrogens with zero attached hydrogens (tertiary/aromatic N) is 3. The SMILES string of the molecule is CCCN(CC)c1c(CNCC(C)C)c(C)nn1C. The molecule has 0 radical (unpaired) electrons. The molecule has 0 amide bonds. The van der Waals surface area contributed by atoms with Gasteiger partial charge in [-0.05, 0) is 32.7 Å². The van der Waals surface area contributed by atoms with E-state index in [1.54, 1.807) is 0 Å². The number of nitrogens with one attached hydrogen (secondary N) is 1. The van der Waals surface area contributed by atoms with E-state index in [4.69, 9.17) is 0 Å². The van der Waals surface area contributed by atoms with Crippen LogP contribution >= 0.6 is 0 Å². The van der Waals surface area contributed by atoms with Gasteiger partial charge in [-0.3, -0.25) is 4.68 Å². The topological polar surface area (TPSA) is 33.1 Å². The second-order valence-electron chi connectivity index (χ2n) is 5.62. The number of anilines is 1. The number of hydrogen-bond acceptors (Lipinski definition) is 3. The van der Waals surface area contributed by atoms with Crippen molar-refractivity contribution in [1.82, 2.24) is 15.1 Å². The Kier molecular flexibility index (Phi) is 6.35. The molecule has 1 heterocycles. The molecule has 0 saturated heterocycles. The molecule has 110 valence electrons. The molecule has 1 rings (SSSR count). The number of hydrogen-bond donors (Lipinski definition) is 1. The van der Waals surface area contributed by atoms with Crippen LogP contribution in [0, 0.1) is 12.8 Å². The Bertz CT molecular complexity index is 382. The largest absolute Gasteiger partial charge is 0.357 e. The lowest BCUT2D eigenvalue weighted by atomic mass is 10.2. The first-order chi connectivity index (χ1) is 9.01. The van der Waals surface area contributed by atoms with Crippen LogP contribution in [-0.4, -0.2) is 29.4 Å². The van der Waals surface area contributed by atoms with E-state index < -0.39 is 0 Å². The quantitative estimate of drug-likeness (QED) is 0.785. The molecule has 0 aliphatic carbocycles. The van der Waals surface area contributed by atoms with Gasteiger partial charge >= 0.3 is 0 Å². The predicted molar refractivity (Wildman–Crippen MR) is 82.7 cm³/mol. The molecule has 0 unspecified atom stereocenters. The Morgan fingerprint density at radius 1 is 1.32 bits per heavy atom. The zero-order chi connectivity index (χ0) is 14.4. The lowest BCUT2D eigenvalue weighted by Gasteiger charge is -2.24. The molecule has 0 spiro atoms. The summed E-state index contributed by atoms with van der Waals surface area (Å²) in [5.41, 5.74) is 2.49. The first-order valence-corrected chi connectivity index (χ1v) is 7.49. The number of aromatic nitrogens is 2. The Morgan fingerprint density at radius 2 is 2.00 bits per heavy atom. The van der Waals surface area contributed by atoms with E-state index in [9.17, 15) is 0 Å². The average molecular weight is 266 g/mol. The summed E-state index contributed by atoms with van der Waals surface area (Å²) in [4.78, 5) is 2.42. The van der Waals surface area contributed by atoms with Crippen LogP contribution in [0.2, 0.25) is 0 Å². The molecule has 0 bridgehead atoms. The van der Waals surface area contributed by atoms with Crippen LogP contribution in [0.1, 0.15) is 45.4 Å². The minimum Gasteiger partial charge on any atom is -0.357 e. The summed E-state index contributed by atoms with van der Waals surface area (Å²) < 4.78 is 2.03. The van der Waals surface area contributed by atoms with E-state index in [-0.39, 0.29) is 0 Å². The van der Waals surface area contributed by atoms with E-state index in [1.165, 1.54) is 11.4 Å². The van der Waals surface area contributed by atoms with Gasteiger partial charge < -0.3 is 10.2 Å². The van der Waals surface area contributed by atoms with Crippen LogP contribution in [0.25, 0.3) is 0 Å². The fourth-order valence-electron chi connectivity index (χ4n) is 2.46. The summed E-state index contributed by atoms with van der Waals surface area (Å²) in [6.45, 7) is 15.1. The van der Waals surface area contributed by atoms with Gasteiger partial charge in [0.25, 0.3) is 0 Å². The molecule has 1 N–H and O–H groups in total. The first-order valence-electron chi connectivity index (χ1n) is 7.49. The minimum absolute atomic E-state index is 0.679. The lowest BCUT2D eigenvalue weighted by Crippen LogP contribution is -2.28. The van der Waals surface area contributed by atoms with E-state index in [2.05, 4.69) is 49.9 Å². The minimum atomic E-state index is 0.679. The predicted octanol–water partition coefficient (Wildman–Crippen LogP) is 2.71. The van der Waals surface area contributed by atoms with Crippen LogP contribution < -0.4 is 10.2 Å². The molecule has 0 aromatic carbocycles. The molecule has 4 nitrogen and oxygen atoms in total. The standard InChI is InChI=1S/C15H30N4/c1-7-9-19(8-2)15-14(11-16-10-12(3)4)13(5)17-18(15)6/h12,16H,7-11H2,1-6H3. The zero-order valence-electron chi connectivity index (χ0n) is 13.5. The molecule has 0 aliphatic rings. The fourth-order valence-corrected chi connectivity index (χ4v) is 2.46. The van der Waals surface area contributed by atoms with Crippen molar-refractivity contribution >= 4 is 5.82 Å². The van der Waals surface area contributed by atoms with E-state index in [0.717, 1.165) is 38.3 Å². The van der Waals surface area contributed by atoms with Gasteiger partial charge in [0.15, 0.2) is 0 Å². The summed E-state index contributed by atoms with van der Waals surface area (Å²) >= 11 is 0. The van der Waals surface area contributed by atoms with Gasteiger partial charge in [-0.1, -0.05) is 20.8 Å². The van der Waals surface area contributed by atoms with E-state index in [1.807, 2.05) is 11.7 Å². The maximum absolute atomic E-state index is 4.59. The Balaban J connectivity index is 2.89. The van der Waals surface area contributed by atoms with Crippen molar-refractivity contribution in [2.24, 2.45) is 13.0 Å². The van der Waals surface area contributed by atoms with Crippen molar-refractivity contribution in [2.75, 3.05) is 24.5 Å². The van der Waals surface area contributed by atoms with Crippen LogP contribution in [0.5, 0.6) is 0 Å². The molecule has 0 saturated carbocycles. The molecule has 0 atom stereocenters. The number of aryl methyl sites for hydroxylation is 2. The summed E-state index contributed by atoms with van der Waals surface area (Å²) in [5.74, 6) is 1.96. The number of rotatable bonds is 8. The van der Waals surface area contributed by atoms with Crippen molar-refractivity contribution in [2.45, 2.75) is 47.6 Å². The van der Waals surface area contributed by atoms with Gasteiger partial charge in [-0.25, -0.2) is 0 Å². The molecule has 19 heavy (non-hydrogen) atoms. The van der Waals surface area contributed by atoms with Gasteiger partial charge in [-0.15, -0.1) is 0 Å². The lowest BCUT2D eigenvalue weighted by molar-refractivity contribution is 0.551. The van der Waals surface area contributed by atoms with Crippen molar-refractivity contribution in [3.8, 4) is 0 Å². The third kappa shape index (κ3) is 4.23. The summed E-state index contributed by atoms with van der Waals surface area (Å²) in [5, 5.41) is 8.13. The molecule has 1 aromatic heterocycles. The third-order valence-electron chi connectivity index (χ3n) is 3.34. The smallest absolute Gasteiger partial charge is 0.131 e. The maximum atomic E-state index is 4.59. The Morgan fingerprint density at radius 3 is 2.53 bits per heavy atom. The van der Waals surface area contributed by atoms with Crippen LogP contribution in [0.15, 0.2) is 0 Å². The normalized spacial score (nSPS) is 11.3. The highest BCUT2D eigenvalue weighted by molar-refractivity contribution is 5.50. The highest BCUT2D eigenvalue weighted by Gasteiger charge is 2.17. The first kappa shape index (κ1) is 16.0. The third-order valence-corrected chi connectivity index (χ3v) is 3.34. The molecule has 4 heteroatoms. The van der Waals surface area contributed by atoms with Crippen LogP contribution in [0.3, 0.4) is 0 Å². The van der Waals surface area contributed by atoms with Gasteiger partial charge in [0.2, 0.25) is 0 Å². The van der Waals surface area contributed by atoms with E-state index >= 15 is 0 Å². The summed E-state index contributed by atoms with van der Waals surface area (Å²) in [6, 6.07) is 0. The van der Waals surface area contributed by atoms with Gasteiger partial charge in [0.1, 0.15) is 5.82 Å². The van der Waals surface area contributed by atoms with Crippen molar-refractivity contribution in [3.63, 3.8) is 0 Å². The van der Waals surface area contributed by atoms with E-state index in [0.29, 0.717) is 5.92 Å². The highest BCUT2D eigenvalue weighted by Crippen LogP contribution is 2.23. The van der Waals surface area contributed by atoms with Gasteiger partial charge in [-0.2, -0.15) is 5.10 Å². The molecular formula is C15H30N4. The second-order valence-corrected chi connectivity index (χ2v) is 5.62.